The number of piperidine rings is 1. The summed E-state index contributed by atoms with van der Waals surface area (Å²) in [5.41, 5.74) is 0.197. The van der Waals surface area contributed by atoms with Gasteiger partial charge in [-0.05, 0) is 25.2 Å². The van der Waals surface area contributed by atoms with Crippen molar-refractivity contribution in [3.05, 3.63) is 18.1 Å². The molecule has 7 heteroatoms. The van der Waals surface area contributed by atoms with Crippen molar-refractivity contribution in [1.82, 2.24) is 9.97 Å². The second-order valence-corrected chi connectivity index (χ2v) is 5.12. The van der Waals surface area contributed by atoms with E-state index in [0.29, 0.717) is 11.7 Å². The third-order valence-electron chi connectivity index (χ3n) is 3.72. The van der Waals surface area contributed by atoms with Gasteiger partial charge in [0.1, 0.15) is 5.82 Å². The zero-order chi connectivity index (χ0) is 15.2. The number of carbonyl (C=O) groups excluding carboxylic acids is 1. The van der Waals surface area contributed by atoms with Crippen molar-refractivity contribution < 1.29 is 19.4 Å². The Morgan fingerprint density at radius 3 is 2.71 bits per heavy atom. The molecule has 1 aromatic rings. The van der Waals surface area contributed by atoms with Gasteiger partial charge in [0, 0.05) is 19.5 Å². The van der Waals surface area contributed by atoms with Gasteiger partial charge in [0.05, 0.1) is 19.5 Å². The van der Waals surface area contributed by atoms with Gasteiger partial charge in [0.25, 0.3) is 0 Å². The second-order valence-electron chi connectivity index (χ2n) is 5.12. The lowest BCUT2D eigenvalue weighted by Crippen LogP contribution is -2.34. The molecule has 1 aromatic heterocycles. The number of nitrogens with zero attached hydrogens (tertiary/aromatic N) is 3. The maximum absolute atomic E-state index is 11.5. The van der Waals surface area contributed by atoms with Crippen molar-refractivity contribution >= 4 is 17.8 Å². The Balaban J connectivity index is 1.93. The topological polar surface area (TPSA) is 92.6 Å². The molecule has 1 aliphatic heterocycles. The molecule has 0 bridgehead atoms. The number of hydrogen-bond acceptors (Lipinski definition) is 6. The molecule has 0 aromatic carbocycles. The number of carboxylic acid groups (broad SMARTS) is 1. The number of hydrogen-bond donors (Lipinski definition) is 1. The maximum atomic E-state index is 11.5. The number of carbonyl (C=O) groups is 2. The Kier molecular flexibility index (Phi) is 5.08. The average Bonchev–Trinajstić information content (AvgIpc) is 2.52. The zero-order valence-corrected chi connectivity index (χ0v) is 12.0. The lowest BCUT2D eigenvalue weighted by atomic mass is 9.92. The zero-order valence-electron chi connectivity index (χ0n) is 12.0. The van der Waals surface area contributed by atoms with Crippen molar-refractivity contribution in [1.29, 1.82) is 0 Å². The molecular weight excluding hydrogens is 274 g/mol. The van der Waals surface area contributed by atoms with Crippen LogP contribution in [0.4, 0.5) is 5.82 Å². The Morgan fingerprint density at radius 2 is 2.10 bits per heavy atom. The van der Waals surface area contributed by atoms with Crippen LogP contribution in [0.15, 0.2) is 12.4 Å². The minimum atomic E-state index is -0.742. The van der Waals surface area contributed by atoms with Gasteiger partial charge in [0.15, 0.2) is 5.69 Å². The van der Waals surface area contributed by atoms with Gasteiger partial charge in [-0.15, -0.1) is 0 Å². The molecule has 0 atom stereocenters. The van der Waals surface area contributed by atoms with Crippen LogP contribution in [0.25, 0.3) is 0 Å². The highest BCUT2D eigenvalue weighted by molar-refractivity contribution is 5.87. The van der Waals surface area contributed by atoms with E-state index in [9.17, 15) is 9.59 Å². The Morgan fingerprint density at radius 1 is 1.38 bits per heavy atom. The largest absolute Gasteiger partial charge is 0.481 e. The molecule has 0 amide bonds. The number of methoxy groups -OCH3 is 1. The number of rotatable bonds is 5. The number of ether oxygens (including phenoxy) is 1. The van der Waals surface area contributed by atoms with Crippen LogP contribution in [-0.4, -0.2) is 47.2 Å². The van der Waals surface area contributed by atoms with Crippen LogP contribution in [0.1, 0.15) is 36.2 Å². The predicted octanol–water partition coefficient (Wildman–Crippen LogP) is 1.34. The predicted molar refractivity (Wildman–Crippen MR) is 75.2 cm³/mol. The molecule has 0 saturated carbocycles. The van der Waals surface area contributed by atoms with E-state index in [1.54, 1.807) is 6.20 Å². The monoisotopic (exact) mass is 293 g/mol. The van der Waals surface area contributed by atoms with Crippen LogP contribution in [0, 0.1) is 5.92 Å². The van der Waals surface area contributed by atoms with Crippen LogP contribution in [0.5, 0.6) is 0 Å². The lowest BCUT2D eigenvalue weighted by Gasteiger charge is -2.32. The number of anilines is 1. The van der Waals surface area contributed by atoms with E-state index in [-0.39, 0.29) is 12.1 Å². The third-order valence-corrected chi connectivity index (χ3v) is 3.72. The molecule has 0 aliphatic carbocycles. The van der Waals surface area contributed by atoms with E-state index in [4.69, 9.17) is 5.11 Å². The summed E-state index contributed by atoms with van der Waals surface area (Å²) >= 11 is 0. The first-order valence-electron chi connectivity index (χ1n) is 6.97. The van der Waals surface area contributed by atoms with E-state index in [1.165, 1.54) is 13.3 Å². The van der Waals surface area contributed by atoms with Crippen LogP contribution in [0.2, 0.25) is 0 Å². The summed E-state index contributed by atoms with van der Waals surface area (Å²) in [6.07, 6.45) is 5.81. The second kappa shape index (κ2) is 7.01. The summed E-state index contributed by atoms with van der Waals surface area (Å²) < 4.78 is 4.63. The fourth-order valence-corrected chi connectivity index (χ4v) is 2.49. The van der Waals surface area contributed by atoms with Gasteiger partial charge in [-0.3, -0.25) is 9.78 Å². The van der Waals surface area contributed by atoms with Gasteiger partial charge >= 0.3 is 11.9 Å². The first-order chi connectivity index (χ1) is 10.1. The van der Waals surface area contributed by atoms with Gasteiger partial charge < -0.3 is 14.7 Å². The van der Waals surface area contributed by atoms with Gasteiger partial charge in [-0.2, -0.15) is 0 Å². The minimum absolute atomic E-state index is 0.197. The Bertz CT molecular complexity index is 513. The van der Waals surface area contributed by atoms with E-state index in [2.05, 4.69) is 19.6 Å². The molecule has 7 nitrogen and oxygen atoms in total. The van der Waals surface area contributed by atoms with E-state index < -0.39 is 11.9 Å². The molecule has 2 heterocycles. The van der Waals surface area contributed by atoms with Crippen molar-refractivity contribution in [3.63, 3.8) is 0 Å². The molecule has 0 unspecified atom stereocenters. The van der Waals surface area contributed by atoms with Crippen LogP contribution < -0.4 is 4.90 Å². The summed E-state index contributed by atoms with van der Waals surface area (Å²) in [5.74, 6) is -0.140. The van der Waals surface area contributed by atoms with E-state index in [1.807, 2.05) is 0 Å². The van der Waals surface area contributed by atoms with Crippen molar-refractivity contribution in [3.8, 4) is 0 Å². The molecule has 2 rings (SSSR count). The molecule has 1 N–H and O–H groups in total. The van der Waals surface area contributed by atoms with E-state index in [0.717, 1.165) is 32.4 Å². The normalized spacial score (nSPS) is 15.8. The van der Waals surface area contributed by atoms with Gasteiger partial charge in [0.2, 0.25) is 0 Å². The molecule has 1 saturated heterocycles. The third kappa shape index (κ3) is 4.14. The molecule has 0 radical (unpaired) electrons. The maximum Gasteiger partial charge on any atom is 0.358 e. The number of aromatic nitrogens is 2. The minimum Gasteiger partial charge on any atom is -0.481 e. The van der Waals surface area contributed by atoms with Gasteiger partial charge in [-0.25, -0.2) is 9.78 Å². The molecular formula is C14H19N3O4. The average molecular weight is 293 g/mol. The highest BCUT2D eigenvalue weighted by Crippen LogP contribution is 2.24. The molecule has 1 aliphatic rings. The number of carboxylic acids is 1. The Labute approximate surface area is 123 Å². The first kappa shape index (κ1) is 15.2. The van der Waals surface area contributed by atoms with Crippen LogP contribution >= 0.6 is 0 Å². The smallest absolute Gasteiger partial charge is 0.358 e. The highest BCUT2D eigenvalue weighted by Gasteiger charge is 2.21. The SMILES string of the molecule is COC(=O)c1cncc(N2CCC(CCC(=O)O)CC2)n1. The van der Waals surface area contributed by atoms with Crippen molar-refractivity contribution in [2.24, 2.45) is 5.92 Å². The number of esters is 1. The van der Waals surface area contributed by atoms with Crippen LogP contribution in [0.3, 0.4) is 0 Å². The van der Waals surface area contributed by atoms with Gasteiger partial charge in [-0.1, -0.05) is 0 Å². The van der Waals surface area contributed by atoms with Crippen molar-refractivity contribution in [2.75, 3.05) is 25.1 Å². The number of aliphatic carboxylic acids is 1. The highest BCUT2D eigenvalue weighted by atomic mass is 16.5. The first-order valence-corrected chi connectivity index (χ1v) is 6.97. The molecule has 1 fully saturated rings. The fraction of sp³-hybridized carbons (Fsp3) is 0.571. The molecule has 21 heavy (non-hydrogen) atoms. The van der Waals surface area contributed by atoms with Crippen molar-refractivity contribution in [2.45, 2.75) is 25.7 Å². The Hall–Kier alpha value is -2.18. The molecule has 114 valence electrons. The lowest BCUT2D eigenvalue weighted by molar-refractivity contribution is -0.137. The standard InChI is InChI=1S/C14H19N3O4/c1-21-14(20)11-8-15-9-12(16-11)17-6-4-10(5-7-17)2-3-13(18)19/h8-10H,2-7H2,1H3,(H,18,19). The van der Waals surface area contributed by atoms with E-state index >= 15 is 0 Å². The molecule has 0 spiro atoms. The fourth-order valence-electron chi connectivity index (χ4n) is 2.49. The summed E-state index contributed by atoms with van der Waals surface area (Å²) in [5, 5.41) is 8.71. The summed E-state index contributed by atoms with van der Waals surface area (Å²) in [6.45, 7) is 1.59. The summed E-state index contributed by atoms with van der Waals surface area (Å²) in [6, 6.07) is 0. The summed E-state index contributed by atoms with van der Waals surface area (Å²) in [4.78, 5) is 32.4. The quantitative estimate of drug-likeness (QED) is 0.819. The van der Waals surface area contributed by atoms with Crippen LogP contribution in [-0.2, 0) is 9.53 Å². The summed E-state index contributed by atoms with van der Waals surface area (Å²) in [7, 11) is 1.31.